The van der Waals surface area contributed by atoms with E-state index >= 15 is 0 Å². The van der Waals surface area contributed by atoms with Crippen LogP contribution >= 0.6 is 11.6 Å². The number of halogens is 1. The van der Waals surface area contributed by atoms with Crippen LogP contribution in [0.4, 0.5) is 0 Å². The summed E-state index contributed by atoms with van der Waals surface area (Å²) in [6, 6.07) is 17.0. The van der Waals surface area contributed by atoms with E-state index in [0.29, 0.717) is 17.3 Å². The Balaban J connectivity index is 1.97. The number of ether oxygens (including phenoxy) is 1. The minimum absolute atomic E-state index is 0.0845. The molecule has 2 aromatic carbocycles. The Morgan fingerprint density at radius 2 is 1.76 bits per heavy atom. The molecule has 0 saturated carbocycles. The van der Waals surface area contributed by atoms with Gasteiger partial charge < -0.3 is 9.64 Å². The van der Waals surface area contributed by atoms with Crippen molar-refractivity contribution < 1.29 is 9.53 Å². The van der Waals surface area contributed by atoms with Crippen LogP contribution in [0.25, 0.3) is 0 Å². The number of hydrogen-bond acceptors (Lipinski definition) is 2. The number of rotatable bonds is 5. The fourth-order valence-corrected chi connectivity index (χ4v) is 2.21. The van der Waals surface area contributed by atoms with Gasteiger partial charge in [0.1, 0.15) is 5.75 Å². The predicted molar refractivity (Wildman–Crippen MR) is 84.5 cm³/mol. The number of carbonyl (C=O) groups excluding carboxylic acids is 1. The summed E-state index contributed by atoms with van der Waals surface area (Å²) >= 11 is 6.03. The van der Waals surface area contributed by atoms with Crippen LogP contribution in [0, 0.1) is 0 Å². The molecule has 0 fully saturated rings. The smallest absolute Gasteiger partial charge is 0.263 e. The first-order valence-corrected chi connectivity index (χ1v) is 7.16. The van der Waals surface area contributed by atoms with Gasteiger partial charge in [0.05, 0.1) is 5.02 Å². The molecular formula is C17H18ClNO2. The average molecular weight is 304 g/mol. The second kappa shape index (κ2) is 7.14. The van der Waals surface area contributed by atoms with Crippen LogP contribution in [0.5, 0.6) is 5.75 Å². The second-order valence-electron chi connectivity index (χ2n) is 4.87. The van der Waals surface area contributed by atoms with E-state index in [1.807, 2.05) is 42.5 Å². The van der Waals surface area contributed by atoms with Gasteiger partial charge in [-0.3, -0.25) is 4.79 Å². The molecule has 0 N–H and O–H groups in total. The molecule has 1 atom stereocenters. The Morgan fingerprint density at radius 1 is 1.14 bits per heavy atom. The van der Waals surface area contributed by atoms with Gasteiger partial charge in [-0.25, -0.2) is 0 Å². The van der Waals surface area contributed by atoms with Crippen molar-refractivity contribution in [3.63, 3.8) is 0 Å². The summed E-state index contributed by atoms with van der Waals surface area (Å²) in [7, 11) is 1.77. The van der Waals surface area contributed by atoms with Gasteiger partial charge in [-0.05, 0) is 24.6 Å². The van der Waals surface area contributed by atoms with E-state index < -0.39 is 6.10 Å². The van der Waals surface area contributed by atoms with E-state index in [2.05, 4.69) is 0 Å². The van der Waals surface area contributed by atoms with Crippen molar-refractivity contribution >= 4 is 17.5 Å². The quantitative estimate of drug-likeness (QED) is 0.841. The van der Waals surface area contributed by atoms with E-state index in [1.165, 1.54) is 0 Å². The van der Waals surface area contributed by atoms with Gasteiger partial charge in [-0.15, -0.1) is 0 Å². The molecule has 0 spiro atoms. The molecule has 0 aliphatic rings. The van der Waals surface area contributed by atoms with Gasteiger partial charge in [-0.1, -0.05) is 54.1 Å². The summed E-state index contributed by atoms with van der Waals surface area (Å²) in [5, 5.41) is 0.503. The summed E-state index contributed by atoms with van der Waals surface area (Å²) < 4.78 is 5.64. The van der Waals surface area contributed by atoms with E-state index in [0.717, 1.165) is 5.56 Å². The molecule has 0 heterocycles. The highest BCUT2D eigenvalue weighted by Crippen LogP contribution is 2.24. The average Bonchev–Trinajstić information content (AvgIpc) is 2.49. The minimum Gasteiger partial charge on any atom is -0.479 e. The topological polar surface area (TPSA) is 29.5 Å². The highest BCUT2D eigenvalue weighted by Gasteiger charge is 2.20. The Labute approximate surface area is 130 Å². The van der Waals surface area contributed by atoms with Crippen LogP contribution in [-0.2, 0) is 11.3 Å². The van der Waals surface area contributed by atoms with Crippen molar-refractivity contribution in [2.45, 2.75) is 19.6 Å². The van der Waals surface area contributed by atoms with Gasteiger partial charge in [0.15, 0.2) is 6.10 Å². The minimum atomic E-state index is -0.585. The fourth-order valence-electron chi connectivity index (χ4n) is 2.03. The third kappa shape index (κ3) is 4.23. The molecular weight excluding hydrogens is 286 g/mol. The SMILES string of the molecule is CC(Oc1ccccc1Cl)C(=O)N(C)Cc1ccccc1. The standard InChI is InChI=1S/C17H18ClNO2/c1-13(21-16-11-7-6-10-15(16)18)17(20)19(2)12-14-8-4-3-5-9-14/h3-11,13H,12H2,1-2H3. The lowest BCUT2D eigenvalue weighted by Gasteiger charge is -2.22. The molecule has 0 bridgehead atoms. The predicted octanol–water partition coefficient (Wildman–Crippen LogP) is 3.77. The Morgan fingerprint density at radius 3 is 2.43 bits per heavy atom. The van der Waals surface area contributed by atoms with E-state index in [-0.39, 0.29) is 5.91 Å². The summed E-state index contributed by atoms with van der Waals surface area (Å²) in [5.74, 6) is 0.437. The molecule has 4 heteroatoms. The molecule has 0 aliphatic heterocycles. The molecule has 110 valence electrons. The molecule has 0 saturated heterocycles. The molecule has 0 aliphatic carbocycles. The van der Waals surface area contributed by atoms with Crippen LogP contribution in [0.2, 0.25) is 5.02 Å². The lowest BCUT2D eigenvalue weighted by atomic mass is 10.2. The largest absolute Gasteiger partial charge is 0.479 e. The highest BCUT2D eigenvalue weighted by atomic mass is 35.5. The number of amides is 1. The number of nitrogens with zero attached hydrogens (tertiary/aromatic N) is 1. The summed E-state index contributed by atoms with van der Waals surface area (Å²) in [6.07, 6.45) is -0.585. The summed E-state index contributed by atoms with van der Waals surface area (Å²) in [4.78, 5) is 14.0. The molecule has 0 radical (unpaired) electrons. The lowest BCUT2D eigenvalue weighted by Crippen LogP contribution is -2.37. The van der Waals surface area contributed by atoms with Crippen LogP contribution in [0.1, 0.15) is 12.5 Å². The molecule has 21 heavy (non-hydrogen) atoms. The third-order valence-electron chi connectivity index (χ3n) is 3.13. The van der Waals surface area contributed by atoms with Crippen molar-refractivity contribution in [2.75, 3.05) is 7.05 Å². The fraction of sp³-hybridized carbons (Fsp3) is 0.235. The number of likely N-dealkylation sites (N-methyl/N-ethyl adjacent to an activating group) is 1. The zero-order valence-corrected chi connectivity index (χ0v) is 12.9. The number of hydrogen-bond donors (Lipinski definition) is 0. The molecule has 2 rings (SSSR count). The maximum atomic E-state index is 12.3. The van der Waals surface area contributed by atoms with Crippen LogP contribution in [0.15, 0.2) is 54.6 Å². The van der Waals surface area contributed by atoms with E-state index in [1.54, 1.807) is 31.0 Å². The van der Waals surface area contributed by atoms with Crippen LogP contribution < -0.4 is 4.74 Å². The molecule has 1 unspecified atom stereocenters. The molecule has 3 nitrogen and oxygen atoms in total. The highest BCUT2D eigenvalue weighted by molar-refractivity contribution is 6.32. The van der Waals surface area contributed by atoms with Crippen molar-refractivity contribution in [3.05, 3.63) is 65.2 Å². The zero-order valence-electron chi connectivity index (χ0n) is 12.1. The third-order valence-corrected chi connectivity index (χ3v) is 3.44. The second-order valence-corrected chi connectivity index (χ2v) is 5.28. The molecule has 1 amide bonds. The summed E-state index contributed by atoms with van der Waals surface area (Å²) in [5.41, 5.74) is 1.08. The number of benzene rings is 2. The maximum Gasteiger partial charge on any atom is 0.263 e. The van der Waals surface area contributed by atoms with E-state index in [9.17, 15) is 4.79 Å². The monoisotopic (exact) mass is 303 g/mol. The molecule has 2 aromatic rings. The Hall–Kier alpha value is -2.00. The van der Waals surface area contributed by atoms with Gasteiger partial charge >= 0.3 is 0 Å². The van der Waals surface area contributed by atoms with Crippen molar-refractivity contribution in [1.82, 2.24) is 4.90 Å². The van der Waals surface area contributed by atoms with Gasteiger partial charge in [0, 0.05) is 13.6 Å². The van der Waals surface area contributed by atoms with Gasteiger partial charge in [0.2, 0.25) is 0 Å². The first-order chi connectivity index (χ1) is 10.1. The van der Waals surface area contributed by atoms with E-state index in [4.69, 9.17) is 16.3 Å². The Bertz CT molecular complexity index is 601. The molecule has 0 aromatic heterocycles. The first kappa shape index (κ1) is 15.4. The van der Waals surface area contributed by atoms with Crippen molar-refractivity contribution in [3.8, 4) is 5.75 Å². The first-order valence-electron chi connectivity index (χ1n) is 6.78. The van der Waals surface area contributed by atoms with Crippen molar-refractivity contribution in [1.29, 1.82) is 0 Å². The summed E-state index contributed by atoms with van der Waals surface area (Å²) in [6.45, 7) is 2.28. The zero-order chi connectivity index (χ0) is 15.2. The number of para-hydroxylation sites is 1. The van der Waals surface area contributed by atoms with Crippen LogP contribution in [-0.4, -0.2) is 24.0 Å². The lowest BCUT2D eigenvalue weighted by molar-refractivity contribution is -0.137. The van der Waals surface area contributed by atoms with Gasteiger partial charge in [0.25, 0.3) is 5.91 Å². The number of carbonyl (C=O) groups is 1. The Kier molecular flexibility index (Phi) is 5.23. The normalized spacial score (nSPS) is 11.8. The van der Waals surface area contributed by atoms with Crippen molar-refractivity contribution in [2.24, 2.45) is 0 Å². The van der Waals surface area contributed by atoms with Crippen LogP contribution in [0.3, 0.4) is 0 Å². The maximum absolute atomic E-state index is 12.3. The van der Waals surface area contributed by atoms with Gasteiger partial charge in [-0.2, -0.15) is 0 Å².